The molecule has 0 spiro atoms. The van der Waals surface area contributed by atoms with Gasteiger partial charge in [0.15, 0.2) is 0 Å². The molecule has 1 heterocycles. The van der Waals surface area contributed by atoms with Crippen molar-refractivity contribution in [1.82, 2.24) is 9.97 Å². The maximum Gasteiger partial charge on any atom is 0.341 e. The van der Waals surface area contributed by atoms with Crippen LogP contribution in [-0.4, -0.2) is 21.0 Å². The van der Waals surface area contributed by atoms with Gasteiger partial charge in [0, 0.05) is 6.42 Å². The monoisotopic (exact) mass is 261 g/mol. The third-order valence-corrected chi connectivity index (χ3v) is 2.65. The summed E-state index contributed by atoms with van der Waals surface area (Å²) in [5.41, 5.74) is 6.67. The predicted octanol–water partition coefficient (Wildman–Crippen LogP) is 1.80. The summed E-state index contributed by atoms with van der Waals surface area (Å²) < 4.78 is 12.8. The first kappa shape index (κ1) is 12.9. The number of carboxylic acid groups (broad SMARTS) is 1. The van der Waals surface area contributed by atoms with Gasteiger partial charge in [0.1, 0.15) is 23.0 Å². The summed E-state index contributed by atoms with van der Waals surface area (Å²) in [6, 6.07) is 5.93. The van der Waals surface area contributed by atoms with Gasteiger partial charge in [-0.1, -0.05) is 12.1 Å². The Hall–Kier alpha value is -2.50. The fourth-order valence-corrected chi connectivity index (χ4v) is 1.78. The highest BCUT2D eigenvalue weighted by molar-refractivity contribution is 5.93. The zero-order valence-electron chi connectivity index (χ0n) is 10.2. The van der Waals surface area contributed by atoms with Crippen LogP contribution >= 0.6 is 0 Å². The third kappa shape index (κ3) is 2.85. The first-order chi connectivity index (χ1) is 8.97. The molecule has 1 aromatic heterocycles. The van der Waals surface area contributed by atoms with Gasteiger partial charge in [0.2, 0.25) is 0 Å². The van der Waals surface area contributed by atoms with E-state index >= 15 is 0 Å². The molecule has 19 heavy (non-hydrogen) atoms. The van der Waals surface area contributed by atoms with Gasteiger partial charge in [-0.25, -0.2) is 19.2 Å². The molecule has 0 amide bonds. The van der Waals surface area contributed by atoms with Crippen LogP contribution in [-0.2, 0) is 6.42 Å². The molecule has 0 atom stereocenters. The number of aromatic carboxylic acids is 1. The number of aryl methyl sites for hydroxylation is 1. The second-order valence-corrected chi connectivity index (χ2v) is 4.09. The van der Waals surface area contributed by atoms with Crippen molar-refractivity contribution in [1.29, 1.82) is 0 Å². The zero-order valence-corrected chi connectivity index (χ0v) is 10.2. The minimum absolute atomic E-state index is 0.0582. The van der Waals surface area contributed by atoms with Crippen LogP contribution in [0, 0.1) is 12.7 Å². The van der Waals surface area contributed by atoms with Crippen LogP contribution < -0.4 is 5.73 Å². The van der Waals surface area contributed by atoms with E-state index in [1.807, 2.05) is 0 Å². The number of aromatic nitrogens is 2. The molecule has 0 bridgehead atoms. The quantitative estimate of drug-likeness (QED) is 0.879. The molecule has 0 saturated heterocycles. The van der Waals surface area contributed by atoms with Crippen molar-refractivity contribution in [3.8, 4) is 0 Å². The number of hydrogen-bond acceptors (Lipinski definition) is 4. The van der Waals surface area contributed by atoms with E-state index in [4.69, 9.17) is 10.8 Å². The minimum Gasteiger partial charge on any atom is -0.477 e. The van der Waals surface area contributed by atoms with Gasteiger partial charge in [0.25, 0.3) is 0 Å². The summed E-state index contributed by atoms with van der Waals surface area (Å²) in [5.74, 6) is -1.12. The Morgan fingerprint density at radius 3 is 2.47 bits per heavy atom. The standard InChI is InChI=1S/C13H12FN3O2/c1-7-11(13(18)19)12(15)17-10(16-7)6-8-2-4-9(14)5-3-8/h2-5H,6H2,1H3,(H,18,19)(H2,15,16,17). The van der Waals surface area contributed by atoms with E-state index in [-0.39, 0.29) is 17.2 Å². The zero-order chi connectivity index (χ0) is 14.0. The van der Waals surface area contributed by atoms with E-state index in [1.165, 1.54) is 12.1 Å². The summed E-state index contributed by atoms with van der Waals surface area (Å²) in [6.07, 6.45) is 0.366. The molecule has 0 aliphatic rings. The first-order valence-electron chi connectivity index (χ1n) is 5.58. The normalized spacial score (nSPS) is 10.4. The van der Waals surface area contributed by atoms with Gasteiger partial charge >= 0.3 is 5.97 Å². The van der Waals surface area contributed by atoms with Gasteiger partial charge in [0.05, 0.1) is 5.69 Å². The SMILES string of the molecule is Cc1nc(Cc2ccc(F)cc2)nc(N)c1C(=O)O. The van der Waals surface area contributed by atoms with E-state index in [0.29, 0.717) is 17.9 Å². The maximum atomic E-state index is 12.8. The summed E-state index contributed by atoms with van der Waals surface area (Å²) in [5, 5.41) is 8.96. The average molecular weight is 261 g/mol. The lowest BCUT2D eigenvalue weighted by Crippen LogP contribution is -2.12. The van der Waals surface area contributed by atoms with E-state index in [1.54, 1.807) is 19.1 Å². The molecule has 5 nitrogen and oxygen atoms in total. The lowest BCUT2D eigenvalue weighted by Gasteiger charge is -2.07. The molecular weight excluding hydrogens is 249 g/mol. The number of carboxylic acids is 1. The number of nitrogens with zero attached hydrogens (tertiary/aromatic N) is 2. The van der Waals surface area contributed by atoms with Crippen molar-refractivity contribution in [2.75, 3.05) is 5.73 Å². The largest absolute Gasteiger partial charge is 0.477 e. The lowest BCUT2D eigenvalue weighted by atomic mass is 10.1. The van der Waals surface area contributed by atoms with Crippen molar-refractivity contribution >= 4 is 11.8 Å². The van der Waals surface area contributed by atoms with Crippen LogP contribution in [0.4, 0.5) is 10.2 Å². The number of benzene rings is 1. The number of nitrogens with two attached hydrogens (primary N) is 1. The van der Waals surface area contributed by atoms with Crippen LogP contribution in [0.25, 0.3) is 0 Å². The molecule has 1 aromatic carbocycles. The lowest BCUT2D eigenvalue weighted by molar-refractivity contribution is 0.0696. The van der Waals surface area contributed by atoms with Crippen molar-refractivity contribution in [3.63, 3.8) is 0 Å². The average Bonchev–Trinajstić information content (AvgIpc) is 2.30. The van der Waals surface area contributed by atoms with Gasteiger partial charge < -0.3 is 10.8 Å². The summed E-state index contributed by atoms with van der Waals surface area (Å²) in [4.78, 5) is 19.0. The van der Waals surface area contributed by atoms with Crippen molar-refractivity contribution in [3.05, 3.63) is 52.7 Å². The fourth-order valence-electron chi connectivity index (χ4n) is 1.78. The van der Waals surface area contributed by atoms with Gasteiger partial charge in [-0.2, -0.15) is 0 Å². The maximum absolute atomic E-state index is 12.8. The molecule has 0 fully saturated rings. The first-order valence-corrected chi connectivity index (χ1v) is 5.58. The Morgan fingerprint density at radius 2 is 1.95 bits per heavy atom. The third-order valence-electron chi connectivity index (χ3n) is 2.65. The van der Waals surface area contributed by atoms with Crippen molar-refractivity contribution in [2.45, 2.75) is 13.3 Å². The summed E-state index contributed by atoms with van der Waals surface area (Å²) >= 11 is 0. The molecule has 6 heteroatoms. The van der Waals surface area contributed by atoms with E-state index in [2.05, 4.69) is 9.97 Å². The molecule has 0 aliphatic heterocycles. The molecule has 2 aromatic rings. The number of halogens is 1. The number of nitrogen functional groups attached to an aromatic ring is 1. The minimum atomic E-state index is -1.15. The van der Waals surface area contributed by atoms with Gasteiger partial charge in [-0.3, -0.25) is 0 Å². The van der Waals surface area contributed by atoms with Crippen molar-refractivity contribution in [2.24, 2.45) is 0 Å². The summed E-state index contributed by atoms with van der Waals surface area (Å²) in [6.45, 7) is 1.57. The Bertz CT molecular complexity index is 603. The number of carbonyl (C=O) groups is 1. The molecule has 0 saturated carbocycles. The second-order valence-electron chi connectivity index (χ2n) is 4.09. The Kier molecular flexibility index (Phi) is 3.41. The predicted molar refractivity (Wildman–Crippen MR) is 67.3 cm³/mol. The summed E-state index contributed by atoms with van der Waals surface area (Å²) in [7, 11) is 0. The highest BCUT2D eigenvalue weighted by Crippen LogP contribution is 2.15. The van der Waals surface area contributed by atoms with Crippen LogP contribution in [0.15, 0.2) is 24.3 Å². The van der Waals surface area contributed by atoms with E-state index in [9.17, 15) is 9.18 Å². The topological polar surface area (TPSA) is 89.1 Å². The number of rotatable bonds is 3. The van der Waals surface area contributed by atoms with Crippen LogP contribution in [0.1, 0.15) is 27.4 Å². The Balaban J connectivity index is 2.32. The Labute approximate surface area is 108 Å². The smallest absolute Gasteiger partial charge is 0.341 e. The van der Waals surface area contributed by atoms with Crippen LogP contribution in [0.5, 0.6) is 0 Å². The van der Waals surface area contributed by atoms with Crippen LogP contribution in [0.2, 0.25) is 0 Å². The van der Waals surface area contributed by atoms with Gasteiger partial charge in [-0.05, 0) is 24.6 Å². The molecule has 0 aliphatic carbocycles. The molecule has 0 unspecified atom stereocenters. The molecule has 2 rings (SSSR count). The molecule has 98 valence electrons. The Morgan fingerprint density at radius 1 is 1.32 bits per heavy atom. The van der Waals surface area contributed by atoms with E-state index < -0.39 is 5.97 Å². The van der Waals surface area contributed by atoms with E-state index in [0.717, 1.165) is 5.56 Å². The van der Waals surface area contributed by atoms with Crippen LogP contribution in [0.3, 0.4) is 0 Å². The highest BCUT2D eigenvalue weighted by Gasteiger charge is 2.15. The molecule has 0 radical (unpaired) electrons. The second kappa shape index (κ2) is 5.01. The number of anilines is 1. The van der Waals surface area contributed by atoms with Gasteiger partial charge in [-0.15, -0.1) is 0 Å². The molecular formula is C13H12FN3O2. The fraction of sp³-hybridized carbons (Fsp3) is 0.154. The highest BCUT2D eigenvalue weighted by atomic mass is 19.1. The van der Waals surface area contributed by atoms with Crippen molar-refractivity contribution < 1.29 is 14.3 Å². The number of hydrogen-bond donors (Lipinski definition) is 2. The molecule has 3 N–H and O–H groups in total.